The summed E-state index contributed by atoms with van der Waals surface area (Å²) in [6, 6.07) is 13.4. The molecule has 0 aromatic carbocycles. The Morgan fingerprint density at radius 3 is 1.21 bits per heavy atom. The van der Waals surface area contributed by atoms with Crippen LogP contribution in [-0.2, 0) is 48.5 Å². The van der Waals surface area contributed by atoms with Crippen LogP contribution in [0.4, 0.5) is 46.5 Å². The van der Waals surface area contributed by atoms with Gasteiger partial charge in [0.25, 0.3) is 0 Å². The summed E-state index contributed by atoms with van der Waals surface area (Å²) < 4.78 is 21.8. The van der Waals surface area contributed by atoms with E-state index in [0.29, 0.717) is 94.7 Å². The first-order chi connectivity index (χ1) is 71.8. The minimum Gasteiger partial charge on any atom is -0.469 e. The van der Waals surface area contributed by atoms with Crippen molar-refractivity contribution >= 4 is 147 Å². The lowest BCUT2D eigenvalue weighted by Crippen LogP contribution is -2.27. The summed E-state index contributed by atoms with van der Waals surface area (Å²) >= 11 is 0. The van der Waals surface area contributed by atoms with Crippen molar-refractivity contribution in [2.45, 2.75) is 110 Å². The fourth-order valence-corrected chi connectivity index (χ4v) is 14.5. The highest BCUT2D eigenvalue weighted by atomic mass is 16.5. The molecule has 23 aromatic rings. The van der Waals surface area contributed by atoms with Crippen LogP contribution in [0.15, 0.2) is 233 Å². The number of nitrogens with zero attached hydrogens (tertiary/aromatic N) is 33. The Kier molecular flexibility index (Phi) is 34.6. The largest absolute Gasteiger partial charge is 0.469 e. The number of H-pyrrole nitrogens is 9. The predicted octanol–water partition coefficient (Wildman–Crippen LogP) is 11.4. The van der Waals surface area contributed by atoms with Crippen molar-refractivity contribution in [3.8, 4) is 0 Å². The first kappa shape index (κ1) is 97.5. The van der Waals surface area contributed by atoms with E-state index in [4.69, 9.17) is 18.3 Å². The van der Waals surface area contributed by atoms with E-state index in [-0.39, 0.29) is 6.10 Å². The number of imidazole rings is 9. The summed E-state index contributed by atoms with van der Waals surface area (Å²) in [5.41, 5.74) is 17.5. The van der Waals surface area contributed by atoms with Crippen molar-refractivity contribution in [1.82, 2.24) is 204 Å². The molecule has 53 nitrogen and oxygen atoms in total. The zero-order valence-corrected chi connectivity index (χ0v) is 78.8. The normalized spacial score (nSPS) is 13.0. The number of unbranched alkanes of at least 4 members (excludes halogenated alkanes) is 1. The van der Waals surface area contributed by atoms with Gasteiger partial charge in [0.15, 0.2) is 97.4 Å². The van der Waals surface area contributed by atoms with Gasteiger partial charge in [0.05, 0.1) is 125 Å². The molecule has 53 heteroatoms. The molecule has 145 heavy (non-hydrogen) atoms. The average molecular weight is 1960 g/mol. The van der Waals surface area contributed by atoms with Crippen molar-refractivity contribution in [2.24, 2.45) is 0 Å². The minimum atomic E-state index is 0.289. The number of ether oxygens (including phenoxy) is 2. The number of nitrogens with one attached hydrogen (secondary N) is 16. The van der Waals surface area contributed by atoms with E-state index in [0.717, 1.165) is 197 Å². The van der Waals surface area contributed by atoms with E-state index in [1.807, 2.05) is 73.5 Å². The molecular weight excluding hydrogens is 1860 g/mol. The Labute approximate surface area is 822 Å². The minimum absolute atomic E-state index is 0.289. The molecule has 25 heterocycles. The van der Waals surface area contributed by atoms with Gasteiger partial charge in [0, 0.05) is 90.4 Å². The Morgan fingerprint density at radius 1 is 0.352 bits per heavy atom. The van der Waals surface area contributed by atoms with Crippen LogP contribution in [-0.4, -0.2) is 263 Å². The molecule has 23 aromatic heterocycles. The van der Waals surface area contributed by atoms with Crippen LogP contribution in [0, 0.1) is 0 Å². The zero-order chi connectivity index (χ0) is 98.9. The lowest BCUT2D eigenvalue weighted by atomic mass is 10.1. The molecule has 738 valence electrons. The van der Waals surface area contributed by atoms with E-state index in [9.17, 15) is 0 Å². The fourth-order valence-electron chi connectivity index (χ4n) is 14.5. The third-order valence-electron chi connectivity index (χ3n) is 21.7. The van der Waals surface area contributed by atoms with Crippen molar-refractivity contribution in [2.75, 3.05) is 88.6 Å². The molecule has 16 N–H and O–H groups in total. The molecule has 0 radical (unpaired) electrons. The van der Waals surface area contributed by atoms with Crippen LogP contribution < -0.4 is 42.1 Å². The van der Waals surface area contributed by atoms with Crippen molar-refractivity contribution < 1.29 is 18.3 Å². The van der Waals surface area contributed by atoms with Crippen LogP contribution in [0.1, 0.15) is 93.0 Å². The molecule has 2 fully saturated rings. The molecule has 0 amide bonds. The second-order valence-electron chi connectivity index (χ2n) is 31.4. The van der Waals surface area contributed by atoms with Crippen LogP contribution in [0.5, 0.6) is 0 Å². The maximum Gasteiger partial charge on any atom is 0.182 e. The number of fused-ring (bicyclic) bond motifs is 9. The second kappa shape index (κ2) is 51.5. The van der Waals surface area contributed by atoms with E-state index < -0.39 is 0 Å². The van der Waals surface area contributed by atoms with Crippen LogP contribution in [0.3, 0.4) is 0 Å². The van der Waals surface area contributed by atoms with Crippen LogP contribution in [0.2, 0.25) is 0 Å². The van der Waals surface area contributed by atoms with E-state index in [1.54, 1.807) is 113 Å². The van der Waals surface area contributed by atoms with Crippen molar-refractivity contribution in [3.63, 3.8) is 0 Å². The molecule has 2 aliphatic heterocycles. The molecule has 2 saturated heterocycles. The standard InChI is InChI=1S/C11H10N6.C11H11N5O.C11H15N5O.C11H10N4O.2C10H9N7.C10H13N5O.C9H13N5.C9H11N5/c1-3-12-4-2-8(1)5-13-10-9-11(15-6-14-9)17-7-16-10;1-16(5-8-3-2-4-17-8)11-9-10(13-6-12-9)14-7-15-11;1-2-4-17-8(3-1)5-12-10-9-11(14-6-13-9)16-7-15-10;1-2-8(16-5-1)3-4-9-10-11(14-6-12-9)15-7-13-10;1-2-12-7(3-11-1)4-13-9-8-10(15-5-14-8)17-6-16-9;1-2-11-4-13-7(1)3-12-9-8-10(15-5-14-8)17-6-16-9;1-2-7(16-3-1)4-11-9-8-10(13-5-12-8)15-6-14-9;2*1-2-3-4-10-8-7-9(12-5-11-7)14-6-13-8/h1-4,6-7H,5H2,(H2,13,14,15,16,17);2-4,6-7H,5H2,1H3,(H,12,13,14,15);6-8H,1-5H2,(H2,12,13,14,15,16);1-2,5-7H,3-4H2,(H,12,13,14,15);1-3,5-6H,4H2,(H2,13,14,15,16,17);1-2,4-6H,3H2,(H2,12,14,15,16,17);5-7H,1-4H2,(H2,11,12,13,14,15);5-6H,2-4H2,1H3,(H2,10,11,12,13,14);2-3,5-6H,4H2,1H3,(H2,10,11,12,13,14)/b;;;;;;;;3-2+. The lowest BCUT2D eigenvalue weighted by molar-refractivity contribution is 0.0247. The number of aryl methyl sites for hydroxylation is 2. The van der Waals surface area contributed by atoms with Gasteiger partial charge >= 0.3 is 0 Å². The van der Waals surface area contributed by atoms with Crippen molar-refractivity contribution in [1.29, 1.82) is 0 Å². The molecule has 0 spiro atoms. The highest BCUT2D eigenvalue weighted by Gasteiger charge is 2.20. The lowest BCUT2D eigenvalue weighted by Gasteiger charge is -2.22. The molecule has 2 aliphatic rings. The maximum absolute atomic E-state index is 5.66. The van der Waals surface area contributed by atoms with Gasteiger partial charge in [-0.1, -0.05) is 25.5 Å². The smallest absolute Gasteiger partial charge is 0.182 e. The van der Waals surface area contributed by atoms with Crippen LogP contribution in [0.25, 0.3) is 100 Å². The third-order valence-corrected chi connectivity index (χ3v) is 21.7. The number of aromatic amines is 9. The summed E-state index contributed by atoms with van der Waals surface area (Å²) in [6.07, 6.45) is 57.5. The van der Waals surface area contributed by atoms with E-state index in [1.165, 1.54) is 76.2 Å². The van der Waals surface area contributed by atoms with Gasteiger partial charge in [-0.2, -0.15) is 0 Å². The number of hydrogen-bond acceptors (Lipinski definition) is 44. The zero-order valence-electron chi connectivity index (χ0n) is 78.8. The molecule has 0 saturated carbocycles. The highest BCUT2D eigenvalue weighted by Crippen LogP contribution is 2.26. The highest BCUT2D eigenvalue weighted by molar-refractivity contribution is 5.87. The molecule has 2 unspecified atom stereocenters. The molecule has 25 rings (SSSR count). The quantitative estimate of drug-likeness (QED) is 0.0160. The number of aromatic nitrogens is 41. The predicted molar refractivity (Wildman–Crippen MR) is 539 cm³/mol. The number of furan rings is 2. The third kappa shape index (κ3) is 27.5. The van der Waals surface area contributed by atoms with Gasteiger partial charge in [0.1, 0.15) is 124 Å². The Balaban J connectivity index is 0.000000112. The molecule has 2 atom stereocenters. The van der Waals surface area contributed by atoms with Gasteiger partial charge in [-0.05, 0) is 99.9 Å². The van der Waals surface area contributed by atoms with E-state index in [2.05, 4.69) is 248 Å². The Morgan fingerprint density at radius 2 is 0.766 bits per heavy atom. The Hall–Kier alpha value is -19.1. The fraction of sp³-hybridized carbons (Fsp3) is 0.261. The summed E-state index contributed by atoms with van der Waals surface area (Å²) in [4.78, 5) is 160. The van der Waals surface area contributed by atoms with Gasteiger partial charge in [0.2, 0.25) is 0 Å². The van der Waals surface area contributed by atoms with E-state index >= 15 is 0 Å². The first-order valence-electron chi connectivity index (χ1n) is 46.2. The SMILES string of the molecule is C/C=C/CNc1ncnc2nc[nH]c12.CCCCNc1ncnc2nc[nH]c12.CN(Cc1ccco1)c1ncnc2nc[nH]c12.c1cc(CNc2ncnc3nc[nH]c23)ccn1.c1cc(CNc2ncnc3nc[nH]c23)ncn1.c1cnc(CNc2ncnc3nc[nH]c23)cn1.c1coc(CCc2ncnc3nc[nH]c23)c1.c1nc(NCC2CCCCO2)c2[nH]cnc2n1.c1nc(NCC2CCCO2)c2[nH]cnc2n1. The average Bonchev–Trinajstić information content (AvgIpc) is 1.80. The topological polar surface area (TPSA) is 687 Å². The van der Waals surface area contributed by atoms with Crippen molar-refractivity contribution in [3.05, 3.63) is 259 Å². The number of allylic oxidation sites excluding steroid dienone is 1. The van der Waals surface area contributed by atoms with Crippen LogP contribution >= 0.6 is 0 Å². The maximum atomic E-state index is 5.66. The summed E-state index contributed by atoms with van der Waals surface area (Å²) in [5.74, 6) is 8.04. The summed E-state index contributed by atoms with van der Waals surface area (Å²) in [5, 5.41) is 22.6. The number of rotatable bonds is 28. The molecule has 0 bridgehead atoms. The van der Waals surface area contributed by atoms with Gasteiger partial charge in [-0.3, -0.25) is 15.0 Å². The summed E-state index contributed by atoms with van der Waals surface area (Å²) in [7, 11) is 1.95. The number of hydrogen-bond donors (Lipinski definition) is 16. The van der Waals surface area contributed by atoms with Gasteiger partial charge in [-0.15, -0.1) is 0 Å². The van der Waals surface area contributed by atoms with Gasteiger partial charge < -0.3 is 105 Å². The Bertz CT molecular complexity index is 7480. The van der Waals surface area contributed by atoms with Gasteiger partial charge in [-0.25, -0.2) is 145 Å². The second-order valence-corrected chi connectivity index (χ2v) is 31.4. The number of pyridine rings is 1. The first-order valence-corrected chi connectivity index (χ1v) is 46.2. The monoisotopic (exact) mass is 1960 g/mol. The number of anilines is 8. The molecular formula is C92H101N49O4. The summed E-state index contributed by atoms with van der Waals surface area (Å²) in [6.45, 7) is 11.6. The molecule has 0 aliphatic carbocycles.